The molecule has 7 heteroatoms. The number of ether oxygens (including phenoxy) is 1. The van der Waals surface area contributed by atoms with E-state index in [-0.39, 0.29) is 70.0 Å². The smallest absolute Gasteiger partial charge is 1.00 e. The van der Waals surface area contributed by atoms with E-state index in [1.165, 1.54) is 36.7 Å². The van der Waals surface area contributed by atoms with Gasteiger partial charge in [-0.2, -0.15) is 4.98 Å². The molecule has 2 aromatic rings. The van der Waals surface area contributed by atoms with Crippen molar-refractivity contribution in [3.8, 4) is 6.08 Å². The van der Waals surface area contributed by atoms with Crippen molar-refractivity contribution in [3.05, 3.63) is 47.9 Å². The monoisotopic (exact) mass is 273 g/mol. The van der Waals surface area contributed by atoms with E-state index in [1.54, 1.807) is 0 Å². The molecule has 0 atom stereocenters. The molecule has 1 heterocycles. The van der Waals surface area contributed by atoms with Gasteiger partial charge in [-0.05, 0) is 18.2 Å². The third-order valence-electron chi connectivity index (χ3n) is 1.93. The second kappa shape index (κ2) is 6.81. The number of carboxylic acids is 1. The molecule has 0 spiro atoms. The van der Waals surface area contributed by atoms with Gasteiger partial charge in [-0.25, -0.2) is 9.59 Å². The first-order chi connectivity index (χ1) is 8.16. The molecule has 0 bridgehead atoms. The van der Waals surface area contributed by atoms with E-state index in [2.05, 4.69) is 4.98 Å². The number of carbonyl (C=O) groups excluding carboxylic acids is 1. The van der Waals surface area contributed by atoms with Crippen molar-refractivity contribution in [1.29, 1.82) is 0 Å². The van der Waals surface area contributed by atoms with E-state index in [4.69, 9.17) is 14.3 Å². The predicted octanol–water partition coefficient (Wildman–Crippen LogP) is -1.29. The number of nitrogens with zero attached hydrogens (tertiary/aromatic N) is 1. The maximum atomic E-state index is 11.6. The summed E-state index contributed by atoms with van der Waals surface area (Å²) < 4.78 is 9.50. The van der Waals surface area contributed by atoms with Crippen molar-refractivity contribution in [3.63, 3.8) is 0 Å². The Morgan fingerprint density at radius 1 is 1.33 bits per heavy atom. The van der Waals surface area contributed by atoms with Crippen LogP contribution in [0.2, 0.25) is 0 Å². The fourth-order valence-corrected chi connectivity index (χ4v) is 1.18. The number of carboxylic acid groups (broad SMARTS) is 1. The fourth-order valence-electron chi connectivity index (χ4n) is 1.18. The van der Waals surface area contributed by atoms with Crippen LogP contribution in [0.4, 0.5) is 0 Å². The van der Waals surface area contributed by atoms with Crippen molar-refractivity contribution in [1.82, 2.24) is 4.98 Å². The average Bonchev–Trinajstić information content (AvgIpc) is 2.82. The SMILES string of the molecule is O=C(O)c1cccc(C(=O)Oc2ncco2)c1.[H-].[K+]. The van der Waals surface area contributed by atoms with Crippen LogP contribution in [0.5, 0.6) is 6.08 Å². The molecule has 0 saturated carbocycles. The minimum atomic E-state index is -1.12. The number of benzene rings is 1. The molecule has 0 aliphatic carbocycles. The number of esters is 1. The van der Waals surface area contributed by atoms with E-state index in [9.17, 15) is 9.59 Å². The molecule has 0 saturated heterocycles. The fraction of sp³-hybridized carbons (Fsp3) is 0. The Morgan fingerprint density at radius 2 is 2.06 bits per heavy atom. The molecule has 1 N–H and O–H groups in total. The molecule has 1 aromatic heterocycles. The van der Waals surface area contributed by atoms with Crippen LogP contribution >= 0.6 is 0 Å². The third-order valence-corrected chi connectivity index (χ3v) is 1.93. The summed E-state index contributed by atoms with van der Waals surface area (Å²) in [4.78, 5) is 25.9. The number of oxazole rings is 1. The Hall–Kier alpha value is -0.994. The van der Waals surface area contributed by atoms with Gasteiger partial charge in [0, 0.05) is 0 Å². The largest absolute Gasteiger partial charge is 1.00 e. The summed E-state index contributed by atoms with van der Waals surface area (Å²) in [7, 11) is 0. The molecule has 1 aromatic carbocycles. The van der Waals surface area contributed by atoms with Gasteiger partial charge in [-0.1, -0.05) is 6.07 Å². The maximum absolute atomic E-state index is 11.6. The third kappa shape index (κ3) is 3.75. The van der Waals surface area contributed by atoms with Crippen LogP contribution in [0.1, 0.15) is 22.1 Å². The molecular weight excluding hydrogens is 265 g/mol. The zero-order valence-corrected chi connectivity index (χ0v) is 12.6. The number of aromatic carboxylic acids is 1. The van der Waals surface area contributed by atoms with Crippen LogP contribution in [0, 0.1) is 0 Å². The Balaban J connectivity index is 0.00000162. The zero-order valence-electron chi connectivity index (χ0n) is 10.5. The minimum absolute atomic E-state index is 0. The normalized spacial score (nSPS) is 9.33. The van der Waals surface area contributed by atoms with Gasteiger partial charge in [0.15, 0.2) is 0 Å². The van der Waals surface area contributed by atoms with Crippen molar-refractivity contribution >= 4 is 11.9 Å². The molecule has 0 aliphatic heterocycles. The van der Waals surface area contributed by atoms with Gasteiger partial charge in [-0.15, -0.1) is 0 Å². The molecule has 6 nitrogen and oxygen atoms in total. The Morgan fingerprint density at radius 3 is 2.67 bits per heavy atom. The van der Waals surface area contributed by atoms with Crippen molar-refractivity contribution in [2.45, 2.75) is 0 Å². The van der Waals surface area contributed by atoms with Crippen LogP contribution in [-0.2, 0) is 0 Å². The van der Waals surface area contributed by atoms with Crippen LogP contribution in [-0.4, -0.2) is 22.0 Å². The quantitative estimate of drug-likeness (QED) is 0.553. The molecule has 0 unspecified atom stereocenters. The van der Waals surface area contributed by atoms with Gasteiger partial charge < -0.3 is 15.7 Å². The number of aromatic nitrogens is 1. The summed E-state index contributed by atoms with van der Waals surface area (Å²) in [6, 6.07) is 5.49. The van der Waals surface area contributed by atoms with Gasteiger partial charge in [0.2, 0.25) is 0 Å². The molecule has 0 radical (unpaired) electrons. The molecular formula is C11H8KNO5. The summed E-state index contributed by atoms with van der Waals surface area (Å²) in [5.74, 6) is -1.84. The van der Waals surface area contributed by atoms with Crippen LogP contribution in [0.15, 0.2) is 41.1 Å². The van der Waals surface area contributed by atoms with Crippen LogP contribution in [0.25, 0.3) is 0 Å². The van der Waals surface area contributed by atoms with Gasteiger partial charge in [0.1, 0.15) is 6.26 Å². The molecule has 18 heavy (non-hydrogen) atoms. The number of hydrogen-bond donors (Lipinski definition) is 1. The van der Waals surface area contributed by atoms with Gasteiger partial charge in [0.05, 0.1) is 17.3 Å². The van der Waals surface area contributed by atoms with Crippen molar-refractivity contribution < 1.29 is 76.7 Å². The first-order valence-corrected chi connectivity index (χ1v) is 4.62. The van der Waals surface area contributed by atoms with Crippen LogP contribution in [0.3, 0.4) is 0 Å². The zero-order chi connectivity index (χ0) is 12.3. The van der Waals surface area contributed by atoms with E-state index in [0.717, 1.165) is 0 Å². The average molecular weight is 273 g/mol. The predicted molar refractivity (Wildman–Crippen MR) is 56.0 cm³/mol. The molecule has 0 amide bonds. The standard InChI is InChI=1S/C11H7NO5.K.H/c13-9(14)7-2-1-3-8(6-7)10(15)17-11-12-4-5-16-11;;/h1-6H,(H,13,14);;/q;+1;-1. The van der Waals surface area contributed by atoms with E-state index < -0.39 is 11.9 Å². The number of carbonyl (C=O) groups is 2. The van der Waals surface area contributed by atoms with Crippen LogP contribution < -0.4 is 56.1 Å². The summed E-state index contributed by atoms with van der Waals surface area (Å²) in [6.45, 7) is 0. The summed E-state index contributed by atoms with van der Waals surface area (Å²) >= 11 is 0. The van der Waals surface area contributed by atoms with Gasteiger partial charge in [0.25, 0.3) is 0 Å². The van der Waals surface area contributed by atoms with E-state index >= 15 is 0 Å². The topological polar surface area (TPSA) is 89.6 Å². The first-order valence-electron chi connectivity index (χ1n) is 4.62. The number of rotatable bonds is 3. The second-order valence-electron chi connectivity index (χ2n) is 3.07. The summed E-state index contributed by atoms with van der Waals surface area (Å²) in [6.07, 6.45) is 2.41. The molecule has 2 rings (SSSR count). The number of hydrogen-bond acceptors (Lipinski definition) is 5. The minimum Gasteiger partial charge on any atom is -1.00 e. The second-order valence-corrected chi connectivity index (χ2v) is 3.07. The van der Waals surface area contributed by atoms with Gasteiger partial charge >= 0.3 is 69.4 Å². The molecule has 0 fully saturated rings. The van der Waals surface area contributed by atoms with E-state index in [1.807, 2.05) is 0 Å². The molecule has 88 valence electrons. The van der Waals surface area contributed by atoms with Crippen molar-refractivity contribution in [2.24, 2.45) is 0 Å². The maximum Gasteiger partial charge on any atom is 1.00 e. The molecule has 0 aliphatic rings. The Labute approximate surface area is 146 Å². The van der Waals surface area contributed by atoms with Crippen molar-refractivity contribution in [2.75, 3.05) is 0 Å². The summed E-state index contributed by atoms with van der Waals surface area (Å²) in [5.41, 5.74) is 0.120. The summed E-state index contributed by atoms with van der Waals surface area (Å²) in [5, 5.41) is 8.76. The van der Waals surface area contributed by atoms with Gasteiger partial charge in [-0.3, -0.25) is 0 Å². The van der Waals surface area contributed by atoms with E-state index in [0.29, 0.717) is 0 Å². The Bertz CT molecular complexity index is 558. The Kier molecular flexibility index (Phi) is 5.70. The first kappa shape index (κ1) is 15.1.